The third-order valence-corrected chi connectivity index (χ3v) is 27.3. The van der Waals surface area contributed by atoms with Crippen LogP contribution in [0.3, 0.4) is 0 Å². The van der Waals surface area contributed by atoms with E-state index < -0.39 is 104 Å². The van der Waals surface area contributed by atoms with E-state index in [0.29, 0.717) is 173 Å². The van der Waals surface area contributed by atoms with Crippen molar-refractivity contribution in [1.29, 1.82) is 10.5 Å². The van der Waals surface area contributed by atoms with Crippen molar-refractivity contribution in [1.82, 2.24) is 50.2 Å². The maximum absolute atomic E-state index is 13.8. The molecule has 14 aliphatic rings. The molecule has 9 aliphatic heterocycles. The van der Waals surface area contributed by atoms with E-state index in [1.807, 2.05) is 61.5 Å². The molecule has 133 heavy (non-hydrogen) atoms. The Kier molecular flexibility index (Phi) is 40.2. The standard InChI is InChI=1S/C26H38N4O5.C19H30N2O5.C18H28N2O5.C12H20N2O3.C7H11BrO2.C7H11N3O.C5H9ClO2.ClH/c1-25(2,3)35-24(34)30-12-5-10-26(30)11-13-29(23(26)33)20(14-17-8-9-17)22(32)28-19(16-27)15-18-6-4-7-21(18)31;1-18(2,3)26-17(24)21-10-5-8-19(21)9-11-20(16(19)23)14(15(22)25-4)12-13-6-7-13;1-17(2,3)25-16(24)20-9-4-7-18(20)8-10-19(15(18)23)13(14(21)22)11-12-5-6-12;1-11(2,3)17-10(16)14-8-4-5-12(14)6-7-13-9(12)15;1-10-7(9)6(8)4-5-2-3-5;8-4-6(9)3-5-1-2-10-7(5)11;1-4(2)3-8-5(6)7;/h17-20H,4-15H2,1-3H3,(H,28,32);13-14H,5-12H2,1-4H3;12-13H,4-11H2,1-3H3,(H,21,22);4-8H2,1-3H3,(H,13,15);5-6H,2-4H2,1H3;5-6H,1-3,9H2,(H,10,11);4H,3H2,1-2H3;1H/t18-,19-,20?,26?;;;;6-;5-,6-;;/m0...10../s1. The van der Waals surface area contributed by atoms with Crippen LogP contribution in [-0.4, -0.2) is 288 Å². The van der Waals surface area contributed by atoms with Crippen LogP contribution in [0.15, 0.2) is 0 Å². The molecule has 9 heterocycles. The van der Waals surface area contributed by atoms with Gasteiger partial charge in [-0.2, -0.15) is 10.5 Å². The molecule has 5 aliphatic carbocycles. The van der Waals surface area contributed by atoms with Gasteiger partial charge < -0.3 is 74.6 Å². The number of halogens is 3. The first-order valence-corrected chi connectivity index (χ1v) is 48.8. The minimum absolute atomic E-state index is 0. The second-order valence-electron chi connectivity index (χ2n) is 42.1. The average Bonchev–Trinajstić information content (AvgIpc) is 1.61. The normalized spacial score (nSPS) is 25.9. The monoisotopic (exact) mass is 1980 g/mol. The van der Waals surface area contributed by atoms with Crippen LogP contribution in [0.25, 0.3) is 0 Å². The maximum Gasteiger partial charge on any atom is 0.411 e. The van der Waals surface area contributed by atoms with Crippen LogP contribution in [0.5, 0.6) is 0 Å². The Morgan fingerprint density at radius 2 is 0.872 bits per heavy atom. The second kappa shape index (κ2) is 48.0. The summed E-state index contributed by atoms with van der Waals surface area (Å²) in [5.41, 5.74) is -1.15. The zero-order valence-corrected chi connectivity index (χ0v) is 84.1. The summed E-state index contributed by atoms with van der Waals surface area (Å²) in [7, 11) is 2.78. The van der Waals surface area contributed by atoms with E-state index in [-0.39, 0.29) is 88.3 Å². The molecule has 14 fully saturated rings. The Labute approximate surface area is 803 Å². The highest BCUT2D eigenvalue weighted by molar-refractivity contribution is 9.10. The summed E-state index contributed by atoms with van der Waals surface area (Å²) in [6, 6.07) is 0.804. The Balaban J connectivity index is 0.000000223. The van der Waals surface area contributed by atoms with Crippen LogP contribution in [0.1, 0.15) is 290 Å². The lowest BCUT2D eigenvalue weighted by Crippen LogP contribution is -2.57. The number of rotatable bonds is 22. The van der Waals surface area contributed by atoms with E-state index in [4.69, 9.17) is 46.3 Å². The number of aliphatic carboxylic acids is 1. The van der Waals surface area contributed by atoms with E-state index in [1.165, 1.54) is 36.9 Å². The zero-order chi connectivity index (χ0) is 98.0. The number of ether oxygens (including phenoxy) is 7. The summed E-state index contributed by atoms with van der Waals surface area (Å²) < 4.78 is 35.9. The van der Waals surface area contributed by atoms with Crippen molar-refractivity contribution in [2.45, 2.75) is 369 Å². The fourth-order valence-electron chi connectivity index (χ4n) is 19.1. The van der Waals surface area contributed by atoms with Gasteiger partial charge in [0.05, 0.1) is 39.0 Å². The number of nitrogens with two attached hydrogens (primary N) is 1. The van der Waals surface area contributed by atoms with Crippen molar-refractivity contribution in [2.24, 2.45) is 47.2 Å². The number of nitrogens with zero attached hydrogens (tertiary/aromatic N) is 9. The summed E-state index contributed by atoms with van der Waals surface area (Å²) in [6.07, 6.45) is 21.3. The molecule has 36 nitrogen and oxygen atoms in total. The number of ketones is 1. The number of hydrogen-bond donors (Lipinski definition) is 5. The molecule has 7 unspecified atom stereocenters. The van der Waals surface area contributed by atoms with Crippen LogP contribution in [0.2, 0.25) is 0 Å². The first-order chi connectivity index (χ1) is 61.8. The summed E-state index contributed by atoms with van der Waals surface area (Å²) in [5, 5.41) is 36.0. The number of nitrogens with one attached hydrogen (secondary N) is 3. The SMILES string of the molecule is CC(C)(C)OC(=O)N1CCCC12CCN(C(CC1CC1)C(=O)N[C@H](C#N)C[C@@H]1CCCC1=O)C2=O.CC(C)(C)OC(=O)N1CCCC12CCN(C(CC1CC1)C(=O)O)C2=O.CC(C)(C)OC(=O)N1CCCC12CCNC2=O.CC(C)COC(=O)Cl.COC(=O)C(CC1CC1)N1CCC2(CCCN2C(=O)OC(C)(C)C)C1=O.COC(=O)[C@H](Br)CC1CC1.Cl.N#C[C@@H](N)C[C@@H]1CCNC1=O. The number of alkyl halides is 1. The number of Topliss-reactive ketones (excluding diaryl/α,β-unsaturated/α-hetero) is 1. The summed E-state index contributed by atoms with van der Waals surface area (Å²) in [6.45, 7) is 30.8. The highest BCUT2D eigenvalue weighted by Crippen LogP contribution is 2.48. The molecule has 0 aromatic carbocycles. The predicted octanol–water partition coefficient (Wildman–Crippen LogP) is 12.3. The summed E-state index contributed by atoms with van der Waals surface area (Å²) in [5.74, 6) is 0.0525. The highest BCUT2D eigenvalue weighted by Gasteiger charge is 2.62. The first kappa shape index (κ1) is 111. The van der Waals surface area contributed by atoms with Gasteiger partial charge in [-0.3, -0.25) is 58.0 Å². The number of hydrogen-bond acceptors (Lipinski definition) is 25. The predicted molar refractivity (Wildman–Crippen MR) is 494 cm³/mol. The molecule has 5 saturated carbocycles. The van der Waals surface area contributed by atoms with Gasteiger partial charge in [0.25, 0.3) is 0 Å². The smallest absolute Gasteiger partial charge is 0.411 e. The zero-order valence-electron chi connectivity index (χ0n) is 81.0. The molecular formula is C94H148BrCl2N13O23. The summed E-state index contributed by atoms with van der Waals surface area (Å²) >= 11 is 8.13. The topological polar surface area (TPSA) is 473 Å². The Hall–Kier alpha value is -8.55. The molecule has 12 atom stereocenters. The number of carbonyl (C=O) groups excluding carboxylic acids is 14. The van der Waals surface area contributed by atoms with Gasteiger partial charge in [0.2, 0.25) is 35.4 Å². The quantitative estimate of drug-likeness (QED) is 0.0291. The first-order valence-electron chi connectivity index (χ1n) is 47.6. The molecule has 14 rings (SSSR count). The van der Waals surface area contributed by atoms with Crippen LogP contribution < -0.4 is 21.7 Å². The third-order valence-electron chi connectivity index (χ3n) is 26.4. The largest absolute Gasteiger partial charge is 0.480 e. The Morgan fingerprint density at radius 1 is 0.489 bits per heavy atom. The molecule has 6 N–H and O–H groups in total. The Morgan fingerprint density at radius 3 is 1.20 bits per heavy atom. The van der Waals surface area contributed by atoms with Crippen molar-refractivity contribution in [2.75, 3.05) is 79.7 Å². The van der Waals surface area contributed by atoms with Crippen molar-refractivity contribution >= 4 is 129 Å². The third kappa shape index (κ3) is 31.2. The van der Waals surface area contributed by atoms with Gasteiger partial charge in [-0.25, -0.2) is 33.6 Å². The Bertz CT molecular complexity index is 4200. The molecule has 10 amide bonds. The molecule has 748 valence electrons. The fourth-order valence-corrected chi connectivity index (χ4v) is 19.9. The minimum atomic E-state index is -0.963. The fraction of sp³-hybridized carbons (Fsp3) is 0.819. The van der Waals surface area contributed by atoms with Gasteiger partial charge in [-0.1, -0.05) is 81.1 Å². The van der Waals surface area contributed by atoms with Gasteiger partial charge in [0.15, 0.2) is 0 Å². The van der Waals surface area contributed by atoms with E-state index >= 15 is 0 Å². The number of likely N-dealkylation sites (tertiary alicyclic amines) is 7. The number of amides is 10. The van der Waals surface area contributed by atoms with Gasteiger partial charge in [-0.05, 0) is 248 Å². The van der Waals surface area contributed by atoms with E-state index in [2.05, 4.69) is 47.4 Å². The highest BCUT2D eigenvalue weighted by atomic mass is 79.9. The van der Waals surface area contributed by atoms with Crippen LogP contribution in [0.4, 0.5) is 24.0 Å². The molecule has 0 aromatic heterocycles. The maximum atomic E-state index is 13.8. The van der Waals surface area contributed by atoms with Crippen molar-refractivity contribution in [3.63, 3.8) is 0 Å². The molecule has 39 heteroatoms. The minimum Gasteiger partial charge on any atom is -0.480 e. The van der Waals surface area contributed by atoms with Gasteiger partial charge in [0, 0.05) is 88.8 Å². The average molecular weight is 1980 g/mol. The van der Waals surface area contributed by atoms with Crippen molar-refractivity contribution in [3.8, 4) is 12.1 Å². The molecule has 0 aromatic rings. The van der Waals surface area contributed by atoms with E-state index in [1.54, 1.807) is 66.0 Å². The molecular weight excluding hydrogens is 1830 g/mol. The molecule has 0 bridgehead atoms. The lowest BCUT2D eigenvalue weighted by Gasteiger charge is -2.36. The van der Waals surface area contributed by atoms with Crippen molar-refractivity contribution < 1.29 is 110 Å². The number of methoxy groups -OCH3 is 2. The lowest BCUT2D eigenvalue weighted by molar-refractivity contribution is -0.153. The van der Waals surface area contributed by atoms with Crippen LogP contribution >= 0.6 is 39.9 Å². The number of carboxylic acid groups (broad SMARTS) is 1. The van der Waals surface area contributed by atoms with Crippen LogP contribution in [0, 0.1) is 64.1 Å². The van der Waals surface area contributed by atoms with Gasteiger partial charge in [0.1, 0.15) is 79.3 Å². The summed E-state index contributed by atoms with van der Waals surface area (Å²) in [4.78, 5) is 195. The van der Waals surface area contributed by atoms with Gasteiger partial charge in [-0.15, -0.1) is 12.4 Å². The van der Waals surface area contributed by atoms with Crippen molar-refractivity contribution in [3.05, 3.63) is 0 Å². The molecule has 0 radical (unpaired) electrons. The lowest BCUT2D eigenvalue weighted by atomic mass is 9.94. The van der Waals surface area contributed by atoms with E-state index in [0.717, 1.165) is 102 Å². The number of esters is 2. The molecule has 9 saturated heterocycles. The number of carbonyl (C=O) groups is 15. The second-order valence-corrected chi connectivity index (χ2v) is 43.5. The number of nitriles is 2. The van der Waals surface area contributed by atoms with Gasteiger partial charge >= 0.3 is 47.7 Å². The number of carboxylic acids is 1. The van der Waals surface area contributed by atoms with Crippen LogP contribution in [-0.2, 0) is 81.1 Å². The van der Waals surface area contributed by atoms with E-state index in [9.17, 15) is 82.3 Å². The molecule has 4 spiro atoms.